The van der Waals surface area contributed by atoms with Crippen LogP contribution in [0.2, 0.25) is 0 Å². The number of methoxy groups -OCH3 is 1. The highest BCUT2D eigenvalue weighted by atomic mass is 16.5. The number of urea groups is 1. The van der Waals surface area contributed by atoms with Gasteiger partial charge in [0.2, 0.25) is 0 Å². The van der Waals surface area contributed by atoms with E-state index >= 15 is 0 Å². The van der Waals surface area contributed by atoms with Crippen LogP contribution in [0.3, 0.4) is 0 Å². The molecule has 2 amide bonds. The first-order chi connectivity index (χ1) is 11.6. The molecule has 0 aliphatic carbocycles. The number of rotatable bonds is 7. The molecule has 1 aliphatic rings. The molecule has 2 rings (SSSR count). The van der Waals surface area contributed by atoms with E-state index in [1.165, 1.54) is 12.0 Å². The number of hydrogen-bond donors (Lipinski definition) is 2. The van der Waals surface area contributed by atoms with Gasteiger partial charge in [0.25, 0.3) is 0 Å². The second kappa shape index (κ2) is 9.56. The molecule has 1 atom stereocenters. The fourth-order valence-corrected chi connectivity index (χ4v) is 2.89. The highest BCUT2D eigenvalue weighted by Gasteiger charge is 2.22. The number of aliphatic hydroxyl groups excluding tert-OH is 1. The van der Waals surface area contributed by atoms with Gasteiger partial charge in [0.05, 0.1) is 24.9 Å². The van der Waals surface area contributed by atoms with Crippen LogP contribution in [0.4, 0.5) is 4.79 Å². The van der Waals surface area contributed by atoms with Crippen LogP contribution in [-0.4, -0.2) is 78.5 Å². The van der Waals surface area contributed by atoms with Crippen molar-refractivity contribution < 1.29 is 14.6 Å². The molecule has 1 aromatic rings. The largest absolute Gasteiger partial charge is 0.389 e. The summed E-state index contributed by atoms with van der Waals surface area (Å²) in [6, 6.07) is 6.00. The van der Waals surface area contributed by atoms with Gasteiger partial charge >= 0.3 is 6.03 Å². The molecule has 0 aromatic carbocycles. The fourth-order valence-electron chi connectivity index (χ4n) is 2.89. The predicted octanol–water partition coefficient (Wildman–Crippen LogP) is 0.695. The van der Waals surface area contributed by atoms with E-state index in [1.54, 1.807) is 7.05 Å². The Balaban J connectivity index is 1.69. The molecule has 7 heteroatoms. The smallest absolute Gasteiger partial charge is 0.317 e. The Morgan fingerprint density at radius 2 is 2.25 bits per heavy atom. The Labute approximate surface area is 143 Å². The molecule has 0 saturated carbocycles. The minimum atomic E-state index is -0.661. The number of nitrogens with one attached hydrogen (secondary N) is 1. The van der Waals surface area contributed by atoms with E-state index < -0.39 is 6.10 Å². The molecule has 1 fully saturated rings. The van der Waals surface area contributed by atoms with E-state index in [1.807, 2.05) is 24.4 Å². The maximum Gasteiger partial charge on any atom is 0.317 e. The van der Waals surface area contributed by atoms with Gasteiger partial charge in [-0.1, -0.05) is 6.07 Å². The van der Waals surface area contributed by atoms with Gasteiger partial charge in [-0.3, -0.25) is 9.88 Å². The van der Waals surface area contributed by atoms with Crippen molar-refractivity contribution in [2.75, 3.05) is 40.4 Å². The van der Waals surface area contributed by atoms with Crippen molar-refractivity contribution in [2.24, 2.45) is 0 Å². The molecule has 0 radical (unpaired) electrons. The number of carbonyl (C=O) groups is 1. The maximum atomic E-state index is 12.2. The third-order valence-electron chi connectivity index (χ3n) is 4.22. The molecule has 7 nitrogen and oxygen atoms in total. The second-order valence-corrected chi connectivity index (χ2v) is 6.31. The first-order valence-corrected chi connectivity index (χ1v) is 8.39. The Hall–Kier alpha value is -1.70. The summed E-state index contributed by atoms with van der Waals surface area (Å²) in [6.45, 7) is 3.22. The predicted molar refractivity (Wildman–Crippen MR) is 91.6 cm³/mol. The molecule has 24 heavy (non-hydrogen) atoms. The fraction of sp³-hybridized carbons (Fsp3) is 0.647. The summed E-state index contributed by atoms with van der Waals surface area (Å²) in [6.07, 6.45) is 3.00. The lowest BCUT2D eigenvalue weighted by Crippen LogP contribution is -2.49. The van der Waals surface area contributed by atoms with Gasteiger partial charge in [-0.25, -0.2) is 4.79 Å². The van der Waals surface area contributed by atoms with Crippen LogP contribution in [0, 0.1) is 0 Å². The van der Waals surface area contributed by atoms with Crippen molar-refractivity contribution in [3.05, 3.63) is 30.1 Å². The number of likely N-dealkylation sites (tertiary alicyclic amines) is 1. The first kappa shape index (κ1) is 18.6. The molecular weight excluding hydrogens is 308 g/mol. The van der Waals surface area contributed by atoms with Crippen molar-refractivity contribution in [3.8, 4) is 0 Å². The molecule has 1 aromatic heterocycles. The van der Waals surface area contributed by atoms with Crippen LogP contribution in [-0.2, 0) is 11.3 Å². The van der Waals surface area contributed by atoms with Gasteiger partial charge in [0, 0.05) is 46.0 Å². The SMILES string of the molecule is COC[C@@H](O)CN(C)C(=O)NC1CCN(Cc2ccccn2)CC1. The number of carbonyl (C=O) groups excluding carboxylic acids is 1. The zero-order chi connectivity index (χ0) is 17.4. The molecule has 0 spiro atoms. The Bertz CT molecular complexity index is 492. The molecule has 134 valence electrons. The molecule has 2 heterocycles. The number of aliphatic hydroxyl groups is 1. The Kier molecular flexibility index (Phi) is 7.42. The van der Waals surface area contributed by atoms with E-state index in [2.05, 4.69) is 15.2 Å². The molecule has 2 N–H and O–H groups in total. The van der Waals surface area contributed by atoms with Crippen molar-refractivity contribution in [2.45, 2.75) is 31.5 Å². The number of hydrogen-bond acceptors (Lipinski definition) is 5. The lowest BCUT2D eigenvalue weighted by atomic mass is 10.0. The summed E-state index contributed by atoms with van der Waals surface area (Å²) in [5.74, 6) is 0. The average molecular weight is 336 g/mol. The van der Waals surface area contributed by atoms with Crippen LogP contribution in [0.1, 0.15) is 18.5 Å². The average Bonchev–Trinajstić information content (AvgIpc) is 2.57. The van der Waals surface area contributed by atoms with Crippen molar-refractivity contribution >= 4 is 6.03 Å². The van der Waals surface area contributed by atoms with E-state index in [-0.39, 0.29) is 25.2 Å². The van der Waals surface area contributed by atoms with Gasteiger partial charge in [-0.05, 0) is 25.0 Å². The van der Waals surface area contributed by atoms with Crippen LogP contribution in [0.15, 0.2) is 24.4 Å². The van der Waals surface area contributed by atoms with Gasteiger partial charge in [-0.15, -0.1) is 0 Å². The normalized spacial score (nSPS) is 17.5. The molecule has 1 aliphatic heterocycles. The third-order valence-corrected chi connectivity index (χ3v) is 4.22. The van der Waals surface area contributed by atoms with E-state index in [4.69, 9.17) is 4.74 Å². The number of ether oxygens (including phenoxy) is 1. The summed E-state index contributed by atoms with van der Waals surface area (Å²) in [5.41, 5.74) is 1.08. The standard InChI is InChI=1S/C17H28N4O3/c1-20(12-16(22)13-24-2)17(23)19-14-6-9-21(10-7-14)11-15-5-3-4-8-18-15/h3-5,8,14,16,22H,6-7,9-13H2,1-2H3,(H,19,23)/t16-/m0/s1. The molecular formula is C17H28N4O3. The molecule has 0 unspecified atom stereocenters. The first-order valence-electron chi connectivity index (χ1n) is 8.39. The quantitative estimate of drug-likeness (QED) is 0.766. The van der Waals surface area contributed by atoms with Gasteiger partial charge in [0.15, 0.2) is 0 Å². The van der Waals surface area contributed by atoms with Crippen molar-refractivity contribution in [1.29, 1.82) is 0 Å². The van der Waals surface area contributed by atoms with Crippen molar-refractivity contribution in [1.82, 2.24) is 20.1 Å². The zero-order valence-electron chi connectivity index (χ0n) is 14.5. The second-order valence-electron chi connectivity index (χ2n) is 6.31. The third kappa shape index (κ3) is 6.07. The number of piperidine rings is 1. The van der Waals surface area contributed by atoms with Gasteiger partial charge in [0.1, 0.15) is 0 Å². The monoisotopic (exact) mass is 336 g/mol. The summed E-state index contributed by atoms with van der Waals surface area (Å²) in [7, 11) is 3.21. The highest BCUT2D eigenvalue weighted by Crippen LogP contribution is 2.13. The number of amides is 2. The molecule has 1 saturated heterocycles. The van der Waals surface area contributed by atoms with E-state index in [9.17, 15) is 9.90 Å². The van der Waals surface area contributed by atoms with Gasteiger partial charge in [-0.2, -0.15) is 0 Å². The summed E-state index contributed by atoms with van der Waals surface area (Å²) in [5, 5.41) is 12.7. The summed E-state index contributed by atoms with van der Waals surface area (Å²) in [4.78, 5) is 20.4. The number of aromatic nitrogens is 1. The number of likely N-dealkylation sites (N-methyl/N-ethyl adjacent to an activating group) is 1. The summed E-state index contributed by atoms with van der Waals surface area (Å²) < 4.78 is 4.88. The van der Waals surface area contributed by atoms with Crippen LogP contribution in [0.5, 0.6) is 0 Å². The van der Waals surface area contributed by atoms with Gasteiger partial charge < -0.3 is 20.1 Å². The van der Waals surface area contributed by atoms with Crippen LogP contribution >= 0.6 is 0 Å². The Morgan fingerprint density at radius 3 is 2.88 bits per heavy atom. The number of nitrogens with zero attached hydrogens (tertiary/aromatic N) is 3. The number of pyridine rings is 1. The zero-order valence-corrected chi connectivity index (χ0v) is 14.5. The van der Waals surface area contributed by atoms with Crippen LogP contribution < -0.4 is 5.32 Å². The van der Waals surface area contributed by atoms with E-state index in [0.29, 0.717) is 0 Å². The Morgan fingerprint density at radius 1 is 1.50 bits per heavy atom. The minimum absolute atomic E-state index is 0.145. The van der Waals surface area contributed by atoms with Crippen LogP contribution in [0.25, 0.3) is 0 Å². The minimum Gasteiger partial charge on any atom is -0.389 e. The molecule has 0 bridgehead atoms. The lowest BCUT2D eigenvalue weighted by Gasteiger charge is -2.33. The topological polar surface area (TPSA) is 77.9 Å². The highest BCUT2D eigenvalue weighted by molar-refractivity contribution is 5.74. The van der Waals surface area contributed by atoms with E-state index in [0.717, 1.165) is 38.2 Å². The lowest BCUT2D eigenvalue weighted by molar-refractivity contribution is 0.0484. The maximum absolute atomic E-state index is 12.2. The summed E-state index contributed by atoms with van der Waals surface area (Å²) >= 11 is 0. The van der Waals surface area contributed by atoms with Crippen molar-refractivity contribution in [3.63, 3.8) is 0 Å².